The molecule has 24 heavy (non-hydrogen) atoms. The van der Waals surface area contributed by atoms with Crippen molar-refractivity contribution in [2.45, 2.75) is 27.7 Å². The summed E-state index contributed by atoms with van der Waals surface area (Å²) in [5, 5.41) is 0. The van der Waals surface area contributed by atoms with Crippen LogP contribution in [-0.2, 0) is 9.59 Å². The van der Waals surface area contributed by atoms with E-state index in [-0.39, 0.29) is 23.4 Å². The van der Waals surface area contributed by atoms with Crippen molar-refractivity contribution >= 4 is 23.5 Å². The zero-order valence-electron chi connectivity index (χ0n) is 15.7. The van der Waals surface area contributed by atoms with Gasteiger partial charge in [0.2, 0.25) is 0 Å². The smallest absolute Gasteiger partial charge is 0.191 e. The lowest BCUT2D eigenvalue weighted by Gasteiger charge is -2.17. The van der Waals surface area contributed by atoms with Gasteiger partial charge in [-0.2, -0.15) is 0 Å². The van der Waals surface area contributed by atoms with E-state index in [0.29, 0.717) is 25.0 Å². The van der Waals surface area contributed by atoms with Crippen LogP contribution < -0.4 is 11.5 Å². The first kappa shape index (κ1) is 21.9. The maximum Gasteiger partial charge on any atom is 0.191 e. The van der Waals surface area contributed by atoms with Gasteiger partial charge in [-0.15, -0.1) is 0 Å². The molecule has 0 saturated heterocycles. The fourth-order valence-electron chi connectivity index (χ4n) is 1.70. The number of hydrogen-bond donors (Lipinski definition) is 2. The fourth-order valence-corrected chi connectivity index (χ4v) is 1.70. The largest absolute Gasteiger partial charge is 0.370 e. The van der Waals surface area contributed by atoms with Gasteiger partial charge >= 0.3 is 0 Å². The fraction of sp³-hybridized carbons (Fsp3) is 0.750. The molecule has 4 N–H and O–H groups in total. The Labute approximate surface area is 145 Å². The number of nitrogens with two attached hydrogens (primary N) is 2. The Kier molecular flexibility index (Phi) is 9.68. The molecular formula is C16H32N6O2. The Morgan fingerprint density at radius 3 is 2.17 bits per heavy atom. The van der Waals surface area contributed by atoms with Crippen LogP contribution in [0.5, 0.6) is 0 Å². The van der Waals surface area contributed by atoms with Crippen LogP contribution in [0.4, 0.5) is 0 Å². The molecule has 0 unspecified atom stereocenters. The number of likely N-dealkylation sites (N-methyl/N-ethyl adjacent to an activating group) is 1. The van der Waals surface area contributed by atoms with Gasteiger partial charge in [0.25, 0.3) is 0 Å². The highest BCUT2D eigenvalue weighted by molar-refractivity contribution is 5.88. The Balaban J connectivity index is 0.000000441. The minimum absolute atomic E-state index is 0.0529. The van der Waals surface area contributed by atoms with Crippen LogP contribution >= 0.6 is 0 Å². The average Bonchev–Trinajstić information content (AvgIpc) is 2.91. The lowest BCUT2D eigenvalue weighted by molar-refractivity contribution is -0.122. The molecule has 0 aliphatic carbocycles. The van der Waals surface area contributed by atoms with E-state index >= 15 is 0 Å². The molecule has 0 bridgehead atoms. The molecule has 8 nitrogen and oxygen atoms in total. The summed E-state index contributed by atoms with van der Waals surface area (Å²) in [6.07, 6.45) is 0. The van der Waals surface area contributed by atoms with Gasteiger partial charge in [0, 0.05) is 32.5 Å². The lowest BCUT2D eigenvalue weighted by atomic mass is 10.1. The topological polar surface area (TPSA) is 117 Å². The average molecular weight is 340 g/mol. The Bertz CT molecular complexity index is 485. The van der Waals surface area contributed by atoms with Crippen molar-refractivity contribution in [1.29, 1.82) is 0 Å². The predicted octanol–water partition coefficient (Wildman–Crippen LogP) is -0.0704. The number of nitrogens with zero attached hydrogens (tertiary/aromatic N) is 4. The summed E-state index contributed by atoms with van der Waals surface area (Å²) in [6.45, 7) is 9.78. The molecule has 0 aromatic carbocycles. The molecular weight excluding hydrogens is 308 g/mol. The van der Waals surface area contributed by atoms with Crippen molar-refractivity contribution in [2.75, 3.05) is 40.3 Å². The molecule has 0 aromatic heterocycles. The summed E-state index contributed by atoms with van der Waals surface area (Å²) in [5.74, 6) is 1.42. The van der Waals surface area contributed by atoms with Crippen LogP contribution in [0.1, 0.15) is 27.7 Å². The zero-order valence-corrected chi connectivity index (χ0v) is 15.7. The summed E-state index contributed by atoms with van der Waals surface area (Å²) in [6, 6.07) is 0. The third kappa shape index (κ3) is 7.94. The van der Waals surface area contributed by atoms with Gasteiger partial charge in [0.05, 0.1) is 19.6 Å². The summed E-state index contributed by atoms with van der Waals surface area (Å²) in [7, 11) is 3.36. The Hall–Kier alpha value is -2.12. The molecule has 0 amide bonds. The van der Waals surface area contributed by atoms with Gasteiger partial charge in [0.1, 0.15) is 0 Å². The van der Waals surface area contributed by atoms with Crippen LogP contribution in [0, 0.1) is 11.8 Å². The number of hydrogen-bond acceptors (Lipinski definition) is 6. The second-order valence-corrected chi connectivity index (χ2v) is 6.34. The van der Waals surface area contributed by atoms with Gasteiger partial charge in [-0.25, -0.2) is 0 Å². The second-order valence-electron chi connectivity index (χ2n) is 6.34. The van der Waals surface area contributed by atoms with Gasteiger partial charge in [-0.05, 0) is 0 Å². The van der Waals surface area contributed by atoms with Crippen LogP contribution in [0.2, 0.25) is 0 Å². The van der Waals surface area contributed by atoms with Crippen molar-refractivity contribution in [2.24, 2.45) is 33.3 Å². The number of rotatable bonds is 6. The molecule has 138 valence electrons. The first-order valence-electron chi connectivity index (χ1n) is 8.13. The normalized spacial score (nSPS) is 14.4. The summed E-state index contributed by atoms with van der Waals surface area (Å²) in [4.78, 5) is 33.7. The standard InChI is InChI=1S/C8H15N3O.C8H17N3O/c1-6(2)7(12)5-11-4-3-10-8(11)9;1-6(2)7(12)5-11(4)8(9)10-3/h6H,3-5H2,1-2H3,(H2,9,10);6H,5H2,1-4H3,(H2,9,10). The molecule has 0 atom stereocenters. The zero-order chi connectivity index (χ0) is 18.9. The molecule has 8 heteroatoms. The van der Waals surface area contributed by atoms with Crippen LogP contribution in [0.25, 0.3) is 0 Å². The third-order valence-corrected chi connectivity index (χ3v) is 3.62. The molecule has 1 rings (SSSR count). The van der Waals surface area contributed by atoms with Crippen molar-refractivity contribution in [3.8, 4) is 0 Å². The van der Waals surface area contributed by atoms with Gasteiger partial charge in [-0.1, -0.05) is 27.7 Å². The quantitative estimate of drug-likeness (QED) is 0.516. The SMILES string of the molecule is CC(C)C(=O)CN1CCN=C1N.CN=C(N)N(C)CC(=O)C(C)C. The summed E-state index contributed by atoms with van der Waals surface area (Å²) >= 11 is 0. The van der Waals surface area contributed by atoms with Gasteiger partial charge < -0.3 is 21.3 Å². The highest BCUT2D eigenvalue weighted by atomic mass is 16.1. The Morgan fingerprint density at radius 1 is 1.25 bits per heavy atom. The van der Waals surface area contributed by atoms with E-state index in [1.807, 2.05) is 32.6 Å². The van der Waals surface area contributed by atoms with Crippen LogP contribution in [0.3, 0.4) is 0 Å². The van der Waals surface area contributed by atoms with Crippen molar-refractivity contribution in [1.82, 2.24) is 9.80 Å². The Morgan fingerprint density at radius 2 is 1.79 bits per heavy atom. The van der Waals surface area contributed by atoms with Crippen LogP contribution in [-0.4, -0.2) is 73.6 Å². The number of ketones is 2. The van der Waals surface area contributed by atoms with Gasteiger partial charge in [-0.3, -0.25) is 19.6 Å². The molecule has 0 spiro atoms. The van der Waals surface area contributed by atoms with E-state index in [0.717, 1.165) is 13.1 Å². The van der Waals surface area contributed by atoms with E-state index in [9.17, 15) is 9.59 Å². The minimum atomic E-state index is 0.0529. The minimum Gasteiger partial charge on any atom is -0.370 e. The van der Waals surface area contributed by atoms with E-state index in [1.54, 1.807) is 19.0 Å². The number of carbonyl (C=O) groups is 2. The molecule has 0 fully saturated rings. The van der Waals surface area contributed by atoms with Crippen LogP contribution in [0.15, 0.2) is 9.98 Å². The number of aliphatic imine (C=N–C) groups is 2. The molecule has 0 saturated carbocycles. The first-order valence-corrected chi connectivity index (χ1v) is 8.13. The van der Waals surface area contributed by atoms with E-state index in [2.05, 4.69) is 9.98 Å². The first-order chi connectivity index (χ1) is 11.1. The molecule has 1 heterocycles. The van der Waals surface area contributed by atoms with Crippen molar-refractivity contribution in [3.05, 3.63) is 0 Å². The number of guanidine groups is 2. The summed E-state index contributed by atoms with van der Waals surface area (Å²) in [5.41, 5.74) is 11.0. The van der Waals surface area contributed by atoms with Gasteiger partial charge in [0.15, 0.2) is 23.5 Å². The van der Waals surface area contributed by atoms with Crippen molar-refractivity contribution in [3.63, 3.8) is 0 Å². The highest BCUT2D eigenvalue weighted by Gasteiger charge is 2.18. The van der Waals surface area contributed by atoms with E-state index in [1.165, 1.54) is 0 Å². The predicted molar refractivity (Wildman–Crippen MR) is 97.9 cm³/mol. The second kappa shape index (κ2) is 10.6. The third-order valence-electron chi connectivity index (χ3n) is 3.62. The maximum absolute atomic E-state index is 11.3. The number of carbonyl (C=O) groups excluding carboxylic acids is 2. The van der Waals surface area contributed by atoms with E-state index < -0.39 is 0 Å². The molecule has 0 radical (unpaired) electrons. The highest BCUT2D eigenvalue weighted by Crippen LogP contribution is 2.01. The lowest BCUT2D eigenvalue weighted by Crippen LogP contribution is -2.38. The van der Waals surface area contributed by atoms with E-state index in [4.69, 9.17) is 11.5 Å². The van der Waals surface area contributed by atoms with Crippen molar-refractivity contribution < 1.29 is 9.59 Å². The number of Topliss-reactive ketones (excluding diaryl/α,β-unsaturated/α-hetero) is 2. The maximum atomic E-state index is 11.3. The monoisotopic (exact) mass is 340 g/mol. The molecule has 1 aliphatic rings. The molecule has 1 aliphatic heterocycles. The molecule has 0 aromatic rings. The summed E-state index contributed by atoms with van der Waals surface area (Å²) < 4.78 is 0.